The predicted octanol–water partition coefficient (Wildman–Crippen LogP) is 8.25. The summed E-state index contributed by atoms with van der Waals surface area (Å²) in [6, 6.07) is 23.5. The zero-order valence-electron chi connectivity index (χ0n) is 21.3. The van der Waals surface area contributed by atoms with E-state index in [2.05, 4.69) is 26.0 Å². The van der Waals surface area contributed by atoms with Crippen molar-refractivity contribution >= 4 is 72.9 Å². The Balaban J connectivity index is 1.47. The second-order valence-corrected chi connectivity index (χ2v) is 10.8. The highest BCUT2D eigenvalue weighted by molar-refractivity contribution is 9.10. The van der Waals surface area contributed by atoms with Crippen molar-refractivity contribution in [3.05, 3.63) is 131 Å². The fraction of sp³-hybridized carbons (Fsp3) is 0.0333. The van der Waals surface area contributed by atoms with Gasteiger partial charge in [0, 0.05) is 37.1 Å². The number of para-hydroxylation sites is 2. The minimum absolute atomic E-state index is 0.0470. The van der Waals surface area contributed by atoms with Crippen LogP contribution in [0.25, 0.3) is 33.5 Å². The maximum Gasteiger partial charge on any atom is 0.311 e. The van der Waals surface area contributed by atoms with Crippen molar-refractivity contribution in [2.75, 3.05) is 0 Å². The van der Waals surface area contributed by atoms with Gasteiger partial charge in [-0.05, 0) is 54.6 Å². The molecule has 2 heterocycles. The molecule has 9 nitrogen and oxygen atoms in total. The summed E-state index contributed by atoms with van der Waals surface area (Å²) in [5, 5.41) is 18.3. The molecule has 12 heteroatoms. The van der Waals surface area contributed by atoms with Gasteiger partial charge < -0.3 is 9.15 Å². The molecular weight excluding hydrogens is 647 g/mol. The molecule has 6 rings (SSSR count). The van der Waals surface area contributed by atoms with Gasteiger partial charge in [-0.25, -0.2) is 4.98 Å². The van der Waals surface area contributed by atoms with Crippen molar-refractivity contribution in [3.8, 4) is 17.3 Å². The maximum absolute atomic E-state index is 13.6. The van der Waals surface area contributed by atoms with E-state index in [4.69, 9.17) is 32.4 Å². The van der Waals surface area contributed by atoms with Gasteiger partial charge in [0.1, 0.15) is 12.2 Å². The molecule has 6 aromatic rings. The summed E-state index contributed by atoms with van der Waals surface area (Å²) in [6.07, 6.45) is 1.31. The summed E-state index contributed by atoms with van der Waals surface area (Å²) < 4.78 is 13.9. The molecular formula is C30H17BrCl2N4O5. The van der Waals surface area contributed by atoms with Gasteiger partial charge in [-0.1, -0.05) is 63.4 Å². The average Bonchev–Trinajstić information content (AvgIpc) is 3.39. The average molecular weight is 664 g/mol. The third-order valence-corrected chi connectivity index (χ3v) is 7.45. The number of furan rings is 1. The molecule has 0 atom stereocenters. The Bertz CT molecular complexity index is 2110. The first-order valence-electron chi connectivity index (χ1n) is 12.4. The van der Waals surface area contributed by atoms with Crippen molar-refractivity contribution in [1.29, 1.82) is 0 Å². The van der Waals surface area contributed by atoms with E-state index in [9.17, 15) is 14.9 Å². The zero-order valence-corrected chi connectivity index (χ0v) is 24.4. The minimum Gasteiger partial charge on any atom is -0.481 e. The number of hydrogen-bond acceptors (Lipinski definition) is 7. The van der Waals surface area contributed by atoms with E-state index in [0.717, 1.165) is 14.5 Å². The SMILES string of the molecule is O=c1c2ccccc2nc(-c2cc3cc(Br)ccc3o2)n1N=Cc1cccc([N+](=O)[O-])c1OCc1ccc(Cl)cc1Cl. The second-order valence-electron chi connectivity index (χ2n) is 9.08. The summed E-state index contributed by atoms with van der Waals surface area (Å²) in [7, 11) is 0. The number of nitrogens with zero attached hydrogens (tertiary/aromatic N) is 4. The minimum atomic E-state index is -0.558. The Hall–Kier alpha value is -4.51. The van der Waals surface area contributed by atoms with Gasteiger partial charge in [0.25, 0.3) is 5.56 Å². The number of rotatable bonds is 7. The zero-order chi connectivity index (χ0) is 29.4. The molecule has 0 aliphatic rings. The Morgan fingerprint density at radius 2 is 1.88 bits per heavy atom. The summed E-state index contributed by atoms with van der Waals surface area (Å²) in [6.45, 7) is -0.0705. The second kappa shape index (κ2) is 11.4. The molecule has 0 aliphatic heterocycles. The largest absolute Gasteiger partial charge is 0.481 e. The van der Waals surface area contributed by atoms with Crippen LogP contribution in [0.15, 0.2) is 104 Å². The van der Waals surface area contributed by atoms with Crippen LogP contribution in [0.2, 0.25) is 10.0 Å². The lowest BCUT2D eigenvalue weighted by molar-refractivity contribution is -0.385. The highest BCUT2D eigenvalue weighted by Crippen LogP contribution is 2.33. The molecule has 0 saturated carbocycles. The smallest absolute Gasteiger partial charge is 0.311 e. The monoisotopic (exact) mass is 662 g/mol. The summed E-state index contributed by atoms with van der Waals surface area (Å²) in [5.41, 5.74) is 1.17. The molecule has 0 saturated heterocycles. The molecule has 0 unspecified atom stereocenters. The van der Waals surface area contributed by atoms with Gasteiger partial charge in [0.2, 0.25) is 11.6 Å². The number of hydrogen-bond donors (Lipinski definition) is 0. The number of nitro groups is 1. The van der Waals surface area contributed by atoms with Crippen molar-refractivity contribution in [1.82, 2.24) is 9.66 Å². The first-order chi connectivity index (χ1) is 20.3. The lowest BCUT2D eigenvalue weighted by Gasteiger charge is -2.11. The summed E-state index contributed by atoms with van der Waals surface area (Å²) >= 11 is 15.7. The van der Waals surface area contributed by atoms with E-state index in [-0.39, 0.29) is 29.4 Å². The maximum atomic E-state index is 13.6. The van der Waals surface area contributed by atoms with Gasteiger partial charge in [-0.15, -0.1) is 0 Å². The fourth-order valence-electron chi connectivity index (χ4n) is 4.37. The number of aromatic nitrogens is 2. The number of benzene rings is 4. The molecule has 0 aliphatic carbocycles. The van der Waals surface area contributed by atoms with E-state index in [1.807, 2.05) is 12.1 Å². The predicted molar refractivity (Wildman–Crippen MR) is 166 cm³/mol. The van der Waals surface area contributed by atoms with Crippen LogP contribution in [0, 0.1) is 10.1 Å². The quantitative estimate of drug-likeness (QED) is 0.0966. The molecule has 208 valence electrons. The third kappa shape index (κ3) is 5.39. The Morgan fingerprint density at radius 1 is 1.05 bits per heavy atom. The van der Waals surface area contributed by atoms with E-state index >= 15 is 0 Å². The Morgan fingerprint density at radius 3 is 2.69 bits per heavy atom. The van der Waals surface area contributed by atoms with Gasteiger partial charge in [-0.2, -0.15) is 9.78 Å². The molecule has 4 aromatic carbocycles. The molecule has 2 aromatic heterocycles. The summed E-state index contributed by atoms with van der Waals surface area (Å²) in [4.78, 5) is 29.6. The number of nitro benzene ring substituents is 1. The number of halogens is 3. The van der Waals surface area contributed by atoms with Gasteiger partial charge >= 0.3 is 5.69 Å². The van der Waals surface area contributed by atoms with Gasteiger partial charge in [-0.3, -0.25) is 14.9 Å². The van der Waals surface area contributed by atoms with E-state index in [0.29, 0.717) is 37.9 Å². The molecule has 0 N–H and O–H groups in total. The first-order valence-corrected chi connectivity index (χ1v) is 13.9. The van der Waals surface area contributed by atoms with Gasteiger partial charge in [0.15, 0.2) is 5.76 Å². The van der Waals surface area contributed by atoms with Crippen LogP contribution in [0.1, 0.15) is 11.1 Å². The van der Waals surface area contributed by atoms with Crippen molar-refractivity contribution in [2.45, 2.75) is 6.61 Å². The van der Waals surface area contributed by atoms with Crippen LogP contribution in [0.5, 0.6) is 5.75 Å². The van der Waals surface area contributed by atoms with Crippen LogP contribution in [-0.2, 0) is 6.61 Å². The van der Waals surface area contributed by atoms with Crippen molar-refractivity contribution in [3.63, 3.8) is 0 Å². The third-order valence-electron chi connectivity index (χ3n) is 6.37. The lowest BCUT2D eigenvalue weighted by Crippen LogP contribution is -2.20. The van der Waals surface area contributed by atoms with E-state index < -0.39 is 10.5 Å². The molecule has 0 bridgehead atoms. The molecule has 0 spiro atoms. The molecule has 0 amide bonds. The summed E-state index contributed by atoms with van der Waals surface area (Å²) in [5.74, 6) is 0.424. The molecule has 42 heavy (non-hydrogen) atoms. The highest BCUT2D eigenvalue weighted by Gasteiger charge is 2.20. The topological polar surface area (TPSA) is 113 Å². The fourth-order valence-corrected chi connectivity index (χ4v) is 5.21. The van der Waals surface area contributed by atoms with Crippen LogP contribution in [0.4, 0.5) is 5.69 Å². The van der Waals surface area contributed by atoms with E-state index in [1.54, 1.807) is 60.7 Å². The van der Waals surface area contributed by atoms with Crippen molar-refractivity contribution in [2.24, 2.45) is 5.10 Å². The lowest BCUT2D eigenvalue weighted by atomic mass is 10.2. The normalized spacial score (nSPS) is 11.5. The Labute approximate surface area is 255 Å². The standard InChI is InChI=1S/C30H17BrCl2N4O5/c31-20-9-11-26-19(12-20)13-27(42-26)29-35-24-6-2-1-5-22(24)30(38)36(29)34-15-17-4-3-7-25(37(39)40)28(17)41-16-18-8-10-21(32)14-23(18)33/h1-15H,16H2. The van der Waals surface area contributed by atoms with Gasteiger partial charge in [0.05, 0.1) is 22.0 Å². The van der Waals surface area contributed by atoms with Crippen LogP contribution in [0.3, 0.4) is 0 Å². The van der Waals surface area contributed by atoms with Crippen molar-refractivity contribution < 1.29 is 14.1 Å². The van der Waals surface area contributed by atoms with E-state index in [1.165, 1.54) is 18.3 Å². The first kappa shape index (κ1) is 27.6. The Kier molecular flexibility index (Phi) is 7.51. The van der Waals surface area contributed by atoms with Crippen LogP contribution >= 0.6 is 39.1 Å². The number of fused-ring (bicyclic) bond motifs is 2. The van der Waals surface area contributed by atoms with Crippen LogP contribution in [-0.4, -0.2) is 20.8 Å². The molecule has 0 radical (unpaired) electrons. The highest BCUT2D eigenvalue weighted by atomic mass is 79.9. The molecule has 0 fully saturated rings. The number of ether oxygens (including phenoxy) is 1. The van der Waals surface area contributed by atoms with Crippen LogP contribution < -0.4 is 10.3 Å².